The van der Waals surface area contributed by atoms with Gasteiger partial charge in [-0.2, -0.15) is 0 Å². The molecule has 86 valence electrons. The van der Waals surface area contributed by atoms with E-state index in [0.717, 1.165) is 36.3 Å². The van der Waals surface area contributed by atoms with Gasteiger partial charge in [-0.05, 0) is 31.2 Å². The van der Waals surface area contributed by atoms with E-state index in [-0.39, 0.29) is 0 Å². The zero-order valence-corrected chi connectivity index (χ0v) is 9.73. The van der Waals surface area contributed by atoms with Crippen LogP contribution in [-0.4, -0.2) is 25.1 Å². The summed E-state index contributed by atoms with van der Waals surface area (Å²) in [4.78, 5) is 6.50. The lowest BCUT2D eigenvalue weighted by Gasteiger charge is -2.18. The predicted octanol–water partition coefficient (Wildman–Crippen LogP) is 1.92. The summed E-state index contributed by atoms with van der Waals surface area (Å²) < 4.78 is 5.43. The Labute approximate surface area is 95.1 Å². The quantitative estimate of drug-likeness (QED) is 0.853. The van der Waals surface area contributed by atoms with E-state index in [0.29, 0.717) is 5.89 Å². The molecule has 0 saturated heterocycles. The molecule has 0 saturated carbocycles. The molecule has 1 aromatic heterocycles. The Morgan fingerprint density at radius 2 is 2.25 bits per heavy atom. The van der Waals surface area contributed by atoms with Crippen LogP contribution in [0, 0.1) is 6.92 Å². The van der Waals surface area contributed by atoms with Crippen molar-refractivity contribution in [1.29, 1.82) is 0 Å². The second kappa shape index (κ2) is 4.53. The molecule has 0 spiro atoms. The molecule has 0 aliphatic rings. The van der Waals surface area contributed by atoms with E-state index >= 15 is 0 Å². The number of nitrogens with zero attached hydrogens (tertiary/aromatic N) is 2. The van der Waals surface area contributed by atoms with E-state index < -0.39 is 0 Å². The number of benzene rings is 1. The Morgan fingerprint density at radius 3 is 3.00 bits per heavy atom. The van der Waals surface area contributed by atoms with Crippen molar-refractivity contribution in [3.63, 3.8) is 0 Å². The Kier molecular flexibility index (Phi) is 3.10. The lowest BCUT2D eigenvalue weighted by atomic mass is 10.2. The van der Waals surface area contributed by atoms with Gasteiger partial charge in [-0.25, -0.2) is 4.98 Å². The monoisotopic (exact) mass is 219 g/mol. The fraction of sp³-hybridized carbons (Fsp3) is 0.417. The molecule has 2 N–H and O–H groups in total. The van der Waals surface area contributed by atoms with Crippen molar-refractivity contribution in [3.8, 4) is 0 Å². The van der Waals surface area contributed by atoms with Gasteiger partial charge in [0.05, 0.1) is 0 Å². The van der Waals surface area contributed by atoms with E-state index in [2.05, 4.69) is 16.9 Å². The van der Waals surface area contributed by atoms with Crippen LogP contribution < -0.4 is 10.6 Å². The summed E-state index contributed by atoms with van der Waals surface area (Å²) >= 11 is 0. The van der Waals surface area contributed by atoms with Crippen LogP contribution in [0.3, 0.4) is 0 Å². The van der Waals surface area contributed by atoms with Gasteiger partial charge in [-0.1, -0.05) is 0 Å². The first-order valence-electron chi connectivity index (χ1n) is 5.49. The summed E-state index contributed by atoms with van der Waals surface area (Å²) in [6.07, 6.45) is 0.992. The molecule has 0 amide bonds. The predicted molar refractivity (Wildman–Crippen MR) is 65.7 cm³/mol. The fourth-order valence-electron chi connectivity index (χ4n) is 1.73. The SMILES string of the molecule is Cc1nc2cc(N(C)CCCN)ccc2o1. The van der Waals surface area contributed by atoms with Crippen molar-refractivity contribution >= 4 is 16.8 Å². The van der Waals surface area contributed by atoms with Crippen molar-refractivity contribution in [2.45, 2.75) is 13.3 Å². The highest BCUT2D eigenvalue weighted by atomic mass is 16.3. The fourth-order valence-corrected chi connectivity index (χ4v) is 1.73. The number of anilines is 1. The van der Waals surface area contributed by atoms with Gasteiger partial charge in [0.1, 0.15) is 5.52 Å². The average Bonchev–Trinajstić information content (AvgIpc) is 2.64. The van der Waals surface area contributed by atoms with E-state index in [9.17, 15) is 0 Å². The minimum absolute atomic E-state index is 0.705. The van der Waals surface area contributed by atoms with Crippen molar-refractivity contribution in [2.24, 2.45) is 5.73 Å². The van der Waals surface area contributed by atoms with Crippen LogP contribution >= 0.6 is 0 Å². The van der Waals surface area contributed by atoms with Crippen molar-refractivity contribution in [1.82, 2.24) is 4.98 Å². The molecule has 2 aromatic rings. The maximum atomic E-state index is 5.49. The summed E-state index contributed by atoms with van der Waals surface area (Å²) in [5.41, 5.74) is 8.40. The van der Waals surface area contributed by atoms with E-state index in [1.54, 1.807) is 0 Å². The molecule has 0 unspecified atom stereocenters. The molecule has 0 radical (unpaired) electrons. The molecule has 0 atom stereocenters. The highest BCUT2D eigenvalue weighted by molar-refractivity contribution is 5.77. The van der Waals surface area contributed by atoms with E-state index in [1.807, 2.05) is 25.1 Å². The third-order valence-corrected chi connectivity index (χ3v) is 2.62. The Morgan fingerprint density at radius 1 is 1.44 bits per heavy atom. The zero-order chi connectivity index (χ0) is 11.5. The molecule has 16 heavy (non-hydrogen) atoms. The van der Waals surface area contributed by atoms with Crippen molar-refractivity contribution in [3.05, 3.63) is 24.1 Å². The molecule has 0 bridgehead atoms. The first kappa shape index (κ1) is 11.0. The maximum absolute atomic E-state index is 5.49. The van der Waals surface area contributed by atoms with Gasteiger partial charge in [0.15, 0.2) is 11.5 Å². The molecule has 4 nitrogen and oxygen atoms in total. The van der Waals surface area contributed by atoms with Crippen LogP contribution in [0.1, 0.15) is 12.3 Å². The van der Waals surface area contributed by atoms with Crippen LogP contribution in [0.5, 0.6) is 0 Å². The Balaban J connectivity index is 2.24. The summed E-state index contributed by atoms with van der Waals surface area (Å²) in [6, 6.07) is 6.05. The average molecular weight is 219 g/mol. The Hall–Kier alpha value is -1.55. The number of aromatic nitrogens is 1. The third kappa shape index (κ3) is 2.17. The Bertz CT molecular complexity index is 478. The number of oxazole rings is 1. The second-order valence-corrected chi connectivity index (χ2v) is 3.95. The van der Waals surface area contributed by atoms with Crippen LogP contribution in [-0.2, 0) is 0 Å². The summed E-state index contributed by atoms with van der Waals surface area (Å²) in [6.45, 7) is 3.53. The normalized spacial score (nSPS) is 10.9. The molecule has 1 aromatic carbocycles. The lowest BCUT2D eigenvalue weighted by molar-refractivity contribution is 0.561. The summed E-state index contributed by atoms with van der Waals surface area (Å²) in [7, 11) is 2.06. The first-order valence-corrected chi connectivity index (χ1v) is 5.49. The molecule has 0 aliphatic heterocycles. The molecular weight excluding hydrogens is 202 g/mol. The minimum Gasteiger partial charge on any atom is -0.441 e. The van der Waals surface area contributed by atoms with Gasteiger partial charge in [-0.15, -0.1) is 0 Å². The van der Waals surface area contributed by atoms with E-state index in [4.69, 9.17) is 10.2 Å². The zero-order valence-electron chi connectivity index (χ0n) is 9.73. The largest absolute Gasteiger partial charge is 0.441 e. The third-order valence-electron chi connectivity index (χ3n) is 2.62. The smallest absolute Gasteiger partial charge is 0.192 e. The first-order chi connectivity index (χ1) is 7.70. The molecule has 0 aliphatic carbocycles. The van der Waals surface area contributed by atoms with Crippen molar-refractivity contribution in [2.75, 3.05) is 25.0 Å². The van der Waals surface area contributed by atoms with Gasteiger partial charge < -0.3 is 15.1 Å². The second-order valence-electron chi connectivity index (χ2n) is 3.95. The van der Waals surface area contributed by atoms with Gasteiger partial charge in [0.25, 0.3) is 0 Å². The molecular formula is C12H17N3O. The van der Waals surface area contributed by atoms with Crippen LogP contribution in [0.2, 0.25) is 0 Å². The number of rotatable bonds is 4. The van der Waals surface area contributed by atoms with Crippen LogP contribution in [0.4, 0.5) is 5.69 Å². The van der Waals surface area contributed by atoms with Gasteiger partial charge >= 0.3 is 0 Å². The molecule has 4 heteroatoms. The molecule has 2 rings (SSSR count). The maximum Gasteiger partial charge on any atom is 0.192 e. The highest BCUT2D eigenvalue weighted by Crippen LogP contribution is 2.21. The summed E-state index contributed by atoms with van der Waals surface area (Å²) in [5, 5.41) is 0. The topological polar surface area (TPSA) is 55.3 Å². The lowest BCUT2D eigenvalue weighted by Crippen LogP contribution is -2.20. The number of aryl methyl sites for hydroxylation is 1. The minimum atomic E-state index is 0.705. The number of hydrogen-bond acceptors (Lipinski definition) is 4. The van der Waals surface area contributed by atoms with E-state index in [1.165, 1.54) is 0 Å². The number of hydrogen-bond donors (Lipinski definition) is 1. The molecule has 1 heterocycles. The molecule has 0 fully saturated rings. The number of nitrogens with two attached hydrogens (primary N) is 1. The van der Waals surface area contributed by atoms with Crippen molar-refractivity contribution < 1.29 is 4.42 Å². The number of fused-ring (bicyclic) bond motifs is 1. The van der Waals surface area contributed by atoms with Crippen LogP contribution in [0.15, 0.2) is 22.6 Å². The summed E-state index contributed by atoms with van der Waals surface area (Å²) in [5.74, 6) is 0.705. The van der Waals surface area contributed by atoms with Gasteiger partial charge in [0.2, 0.25) is 0 Å². The van der Waals surface area contributed by atoms with Crippen LogP contribution in [0.25, 0.3) is 11.1 Å². The standard InChI is InChI=1S/C12H17N3O/c1-9-14-11-8-10(4-5-12(11)16-9)15(2)7-3-6-13/h4-5,8H,3,6-7,13H2,1-2H3. The van der Waals surface area contributed by atoms with Gasteiger partial charge in [0, 0.05) is 26.2 Å². The van der Waals surface area contributed by atoms with Gasteiger partial charge in [-0.3, -0.25) is 0 Å². The highest BCUT2D eigenvalue weighted by Gasteiger charge is 2.05.